The Morgan fingerprint density at radius 1 is 0.892 bits per heavy atom. The van der Waals surface area contributed by atoms with Crippen LogP contribution < -0.4 is 15.4 Å². The molecule has 0 spiro atoms. The molecule has 1 aliphatic rings. The average Bonchev–Trinajstić information content (AvgIpc) is 2.93. The predicted molar refractivity (Wildman–Crippen MR) is 140 cm³/mol. The molecule has 0 aromatic heterocycles. The molecule has 1 aliphatic heterocycles. The van der Waals surface area contributed by atoms with Crippen molar-refractivity contribution in [3.05, 3.63) is 112 Å². The van der Waals surface area contributed by atoms with E-state index < -0.39 is 17.9 Å². The number of allylic oxidation sites excluding steroid dienone is 1. The number of esters is 2. The Kier molecular flexibility index (Phi) is 7.60. The van der Waals surface area contributed by atoms with Crippen molar-refractivity contribution in [2.75, 3.05) is 19.1 Å². The largest absolute Gasteiger partial charge is 0.466 e. The van der Waals surface area contributed by atoms with Crippen molar-refractivity contribution in [2.24, 2.45) is 5.73 Å². The van der Waals surface area contributed by atoms with Gasteiger partial charge in [0.25, 0.3) is 0 Å². The topological polar surface area (TPSA) is 115 Å². The van der Waals surface area contributed by atoms with Crippen molar-refractivity contribution in [2.45, 2.75) is 5.92 Å². The van der Waals surface area contributed by atoms with Crippen LogP contribution in [0.3, 0.4) is 0 Å². The Hall–Kier alpha value is -4.55. The molecule has 4 rings (SSSR count). The molecule has 1 heterocycles. The summed E-state index contributed by atoms with van der Waals surface area (Å²) in [6.07, 6.45) is 0. The lowest BCUT2D eigenvalue weighted by Gasteiger charge is -2.35. The first kappa shape index (κ1) is 25.5. The lowest BCUT2D eigenvalue weighted by Crippen LogP contribution is -2.40. The van der Waals surface area contributed by atoms with Crippen LogP contribution in [-0.2, 0) is 19.1 Å². The molecular formula is C28H22BrN3O5. The minimum absolute atomic E-state index is 0.00835. The summed E-state index contributed by atoms with van der Waals surface area (Å²) >= 11 is 3.39. The first-order chi connectivity index (χ1) is 17.9. The van der Waals surface area contributed by atoms with Crippen LogP contribution in [-0.4, -0.2) is 26.2 Å². The number of carbonyl (C=O) groups is 2. The third-order valence-electron chi connectivity index (χ3n) is 5.75. The second-order valence-electron chi connectivity index (χ2n) is 7.89. The van der Waals surface area contributed by atoms with E-state index in [1.807, 2.05) is 24.3 Å². The van der Waals surface area contributed by atoms with Crippen molar-refractivity contribution in [1.82, 2.24) is 0 Å². The molecule has 8 nitrogen and oxygen atoms in total. The van der Waals surface area contributed by atoms with Crippen LogP contribution >= 0.6 is 15.9 Å². The number of rotatable bonds is 6. The van der Waals surface area contributed by atoms with Crippen LogP contribution in [0.4, 0.5) is 5.69 Å². The van der Waals surface area contributed by atoms with Crippen molar-refractivity contribution in [3.8, 4) is 17.6 Å². The third-order valence-corrected chi connectivity index (χ3v) is 6.28. The smallest absolute Gasteiger partial charge is 0.355 e. The van der Waals surface area contributed by atoms with Gasteiger partial charge in [-0.3, -0.25) is 4.90 Å². The van der Waals surface area contributed by atoms with Crippen LogP contribution in [0.15, 0.2) is 106 Å². The number of benzene rings is 3. The zero-order chi connectivity index (χ0) is 26.5. The van der Waals surface area contributed by atoms with E-state index in [-0.39, 0.29) is 22.7 Å². The van der Waals surface area contributed by atoms with E-state index in [1.54, 1.807) is 54.6 Å². The number of nitrogens with zero attached hydrogens (tertiary/aromatic N) is 2. The van der Waals surface area contributed by atoms with Crippen LogP contribution in [0, 0.1) is 11.3 Å². The molecule has 2 N–H and O–H groups in total. The minimum atomic E-state index is -0.927. The van der Waals surface area contributed by atoms with Crippen LogP contribution in [0.25, 0.3) is 0 Å². The Labute approximate surface area is 222 Å². The summed E-state index contributed by atoms with van der Waals surface area (Å²) < 4.78 is 16.9. The Morgan fingerprint density at radius 2 is 1.46 bits per heavy atom. The molecule has 186 valence electrons. The van der Waals surface area contributed by atoms with Crippen LogP contribution in [0.5, 0.6) is 11.5 Å². The van der Waals surface area contributed by atoms with Crippen LogP contribution in [0.2, 0.25) is 0 Å². The number of ether oxygens (including phenoxy) is 3. The Bertz CT molecular complexity index is 1430. The second kappa shape index (κ2) is 11.0. The normalized spacial score (nSPS) is 15.2. The van der Waals surface area contributed by atoms with Gasteiger partial charge in [0.1, 0.15) is 23.0 Å². The zero-order valence-corrected chi connectivity index (χ0v) is 21.6. The summed E-state index contributed by atoms with van der Waals surface area (Å²) in [7, 11) is 2.41. The number of methoxy groups -OCH3 is 2. The summed E-state index contributed by atoms with van der Waals surface area (Å²) in [5.41, 5.74) is 7.43. The van der Waals surface area contributed by atoms with Gasteiger partial charge < -0.3 is 19.9 Å². The van der Waals surface area contributed by atoms with E-state index in [9.17, 15) is 14.9 Å². The molecular weight excluding hydrogens is 538 g/mol. The molecule has 0 amide bonds. The van der Waals surface area contributed by atoms with Gasteiger partial charge in [-0.15, -0.1) is 0 Å². The number of nitriles is 1. The molecule has 0 saturated heterocycles. The van der Waals surface area contributed by atoms with Gasteiger partial charge in [0.2, 0.25) is 0 Å². The zero-order valence-electron chi connectivity index (χ0n) is 20.0. The number of carbonyl (C=O) groups excluding carboxylic acids is 2. The van der Waals surface area contributed by atoms with Gasteiger partial charge in [0.05, 0.1) is 37.4 Å². The summed E-state index contributed by atoms with van der Waals surface area (Å²) in [5.74, 6) is -1.36. The maximum Gasteiger partial charge on any atom is 0.355 e. The minimum Gasteiger partial charge on any atom is -0.466 e. The molecule has 37 heavy (non-hydrogen) atoms. The van der Waals surface area contributed by atoms with Gasteiger partial charge in [-0.1, -0.05) is 46.3 Å². The van der Waals surface area contributed by atoms with Crippen molar-refractivity contribution >= 4 is 33.6 Å². The molecule has 0 fully saturated rings. The predicted octanol–water partition coefficient (Wildman–Crippen LogP) is 5.14. The fourth-order valence-corrected chi connectivity index (χ4v) is 4.35. The van der Waals surface area contributed by atoms with Gasteiger partial charge in [0.15, 0.2) is 0 Å². The van der Waals surface area contributed by atoms with Gasteiger partial charge in [-0.25, -0.2) is 9.59 Å². The summed E-state index contributed by atoms with van der Waals surface area (Å²) in [4.78, 5) is 27.5. The highest BCUT2D eigenvalue weighted by Gasteiger charge is 2.42. The summed E-state index contributed by atoms with van der Waals surface area (Å²) in [5, 5.41) is 10.1. The fraction of sp³-hybridized carbons (Fsp3) is 0.107. The monoisotopic (exact) mass is 559 g/mol. The van der Waals surface area contributed by atoms with Gasteiger partial charge in [-0.2, -0.15) is 5.26 Å². The number of anilines is 1. The molecule has 0 aliphatic carbocycles. The number of hydrogen-bond acceptors (Lipinski definition) is 8. The van der Waals surface area contributed by atoms with E-state index in [2.05, 4.69) is 22.0 Å². The maximum absolute atomic E-state index is 13.1. The van der Waals surface area contributed by atoms with E-state index in [0.29, 0.717) is 22.7 Å². The standard InChI is InChI=1S/C28H22BrN3O5/c1-35-27(33)24-23(17-6-4-3-5-7-17)22(16-30)26(31)32(25(24)28(34)36-2)19-10-14-21(15-11-19)37-20-12-8-18(29)9-13-20/h3-15,23H,31H2,1-2H3. The number of nitrogens with two attached hydrogens (primary N) is 1. The van der Waals surface area contributed by atoms with Crippen LogP contribution in [0.1, 0.15) is 11.5 Å². The summed E-state index contributed by atoms with van der Waals surface area (Å²) in [6.45, 7) is 0. The van der Waals surface area contributed by atoms with Crippen molar-refractivity contribution in [3.63, 3.8) is 0 Å². The molecule has 3 aromatic rings. The molecule has 1 atom stereocenters. The first-order valence-electron chi connectivity index (χ1n) is 11.1. The van der Waals surface area contributed by atoms with E-state index >= 15 is 0 Å². The highest BCUT2D eigenvalue weighted by molar-refractivity contribution is 9.10. The molecule has 9 heteroatoms. The highest BCUT2D eigenvalue weighted by Crippen LogP contribution is 2.43. The van der Waals surface area contributed by atoms with Gasteiger partial charge in [0, 0.05) is 10.2 Å². The van der Waals surface area contributed by atoms with Gasteiger partial charge in [-0.05, 0) is 54.1 Å². The lowest BCUT2D eigenvalue weighted by atomic mass is 9.81. The Morgan fingerprint density at radius 3 is 2.00 bits per heavy atom. The fourth-order valence-electron chi connectivity index (χ4n) is 4.08. The molecule has 0 saturated carbocycles. The molecule has 0 radical (unpaired) electrons. The molecule has 3 aromatic carbocycles. The first-order valence-corrected chi connectivity index (χ1v) is 11.9. The van der Waals surface area contributed by atoms with E-state index in [1.165, 1.54) is 19.1 Å². The molecule has 0 bridgehead atoms. The average molecular weight is 560 g/mol. The molecule has 1 unspecified atom stereocenters. The van der Waals surface area contributed by atoms with Gasteiger partial charge >= 0.3 is 11.9 Å². The highest BCUT2D eigenvalue weighted by atomic mass is 79.9. The van der Waals surface area contributed by atoms with E-state index in [4.69, 9.17) is 19.9 Å². The second-order valence-corrected chi connectivity index (χ2v) is 8.80. The van der Waals surface area contributed by atoms with E-state index in [0.717, 1.165) is 4.47 Å². The van der Waals surface area contributed by atoms with Crippen molar-refractivity contribution in [1.29, 1.82) is 5.26 Å². The number of halogens is 1. The Balaban J connectivity index is 1.86. The van der Waals surface area contributed by atoms with Crippen molar-refractivity contribution < 1.29 is 23.8 Å². The number of hydrogen-bond donors (Lipinski definition) is 1. The third kappa shape index (κ3) is 5.06. The maximum atomic E-state index is 13.1. The lowest BCUT2D eigenvalue weighted by molar-refractivity contribution is -0.139. The summed E-state index contributed by atoms with van der Waals surface area (Å²) in [6, 6.07) is 25.0. The quantitative estimate of drug-likeness (QED) is 0.413. The SMILES string of the molecule is COC(=O)C1=C(C(=O)OC)N(c2ccc(Oc3ccc(Br)cc3)cc2)C(N)=C(C#N)C1c1ccccc1.